The van der Waals surface area contributed by atoms with Crippen LogP contribution in [0.15, 0.2) is 48.5 Å². The molecule has 13 nitrogen and oxygen atoms in total. The van der Waals surface area contributed by atoms with Crippen molar-refractivity contribution in [3.63, 3.8) is 0 Å². The van der Waals surface area contributed by atoms with E-state index in [2.05, 4.69) is 20.4 Å². The Morgan fingerprint density at radius 3 is 2.28 bits per heavy atom. The number of carbonyl (C=O) groups is 2. The van der Waals surface area contributed by atoms with Crippen LogP contribution in [0.25, 0.3) is 0 Å². The molecule has 0 aliphatic carbocycles. The number of benzene rings is 2. The molecule has 3 heterocycles. The third kappa shape index (κ3) is 9.45. The van der Waals surface area contributed by atoms with Crippen LogP contribution in [-0.4, -0.2) is 64.3 Å². The molecule has 2 aliphatic rings. The van der Waals surface area contributed by atoms with E-state index in [1.807, 2.05) is 0 Å². The highest BCUT2D eigenvalue weighted by atomic mass is 35.5. The molecule has 2 aromatic carbocycles. The summed E-state index contributed by atoms with van der Waals surface area (Å²) in [5.74, 6) is 1.04. The molecule has 1 amide bonds. The van der Waals surface area contributed by atoms with Crippen molar-refractivity contribution in [1.29, 1.82) is 0 Å². The first kappa shape index (κ1) is 37.4. The largest absolute Gasteiger partial charge is 0.412 e. The Balaban J connectivity index is -0.00000264. The Kier molecular flexibility index (Phi) is 15.2. The van der Waals surface area contributed by atoms with Gasteiger partial charge in [0.2, 0.25) is 23.8 Å². The van der Waals surface area contributed by atoms with Crippen LogP contribution >= 0.6 is 24.0 Å². The summed E-state index contributed by atoms with van der Waals surface area (Å²) < 4.78 is 0. The van der Waals surface area contributed by atoms with Crippen LogP contribution in [0.2, 0.25) is 5.02 Å². The maximum atomic E-state index is 12.7. The Morgan fingerprint density at radius 2 is 1.60 bits per heavy atom. The van der Waals surface area contributed by atoms with Gasteiger partial charge in [-0.2, -0.15) is 15.0 Å². The van der Waals surface area contributed by atoms with Gasteiger partial charge in [0, 0.05) is 47.8 Å². The van der Waals surface area contributed by atoms with Crippen molar-refractivity contribution < 1.29 is 19.3 Å². The van der Waals surface area contributed by atoms with Gasteiger partial charge in [0.15, 0.2) is 5.78 Å². The highest BCUT2D eigenvalue weighted by Gasteiger charge is 2.27. The second-order valence-corrected chi connectivity index (χ2v) is 10.3. The number of rotatable bonds is 9. The number of Topliss-reactive ketones (excluding diaryl/α,β-unsaturated/α-hetero) is 1. The molecule has 1 atom stereocenters. The zero-order chi connectivity index (χ0) is 27.2. The lowest BCUT2D eigenvalue weighted by Gasteiger charge is -2.29. The van der Waals surface area contributed by atoms with Crippen molar-refractivity contribution in [2.75, 3.05) is 46.6 Å². The van der Waals surface area contributed by atoms with Crippen LogP contribution < -0.4 is 38.5 Å². The number of para-hydroxylation sites is 1. The van der Waals surface area contributed by atoms with E-state index in [1.54, 1.807) is 48.5 Å². The van der Waals surface area contributed by atoms with Gasteiger partial charge >= 0.3 is 0 Å². The lowest BCUT2D eigenvalue weighted by molar-refractivity contribution is -0.115. The molecular weight excluding hydrogens is 595 g/mol. The summed E-state index contributed by atoms with van der Waals surface area (Å²) in [5, 5.41) is 6.37. The molecule has 12 N–H and O–H groups in total. The van der Waals surface area contributed by atoms with Gasteiger partial charge in [-0.15, -0.1) is 12.4 Å². The average molecular weight is 644 g/mol. The molecule has 15 heteroatoms. The van der Waals surface area contributed by atoms with E-state index in [-0.39, 0.29) is 52.7 Å². The molecule has 3 aromatic rings. The lowest BCUT2D eigenvalue weighted by Crippen LogP contribution is -2.37. The zero-order valence-electron chi connectivity index (χ0n) is 24.1. The van der Waals surface area contributed by atoms with E-state index >= 15 is 0 Å². The van der Waals surface area contributed by atoms with Gasteiger partial charge in [-0.3, -0.25) is 9.59 Å². The summed E-state index contributed by atoms with van der Waals surface area (Å²) in [6.07, 6.45) is 5.24. The van der Waals surface area contributed by atoms with Crippen LogP contribution in [-0.2, 0) is 4.79 Å². The molecule has 242 valence electrons. The van der Waals surface area contributed by atoms with Crippen LogP contribution in [0.5, 0.6) is 0 Å². The minimum atomic E-state index is -0.420. The maximum Gasteiger partial charge on any atom is 0.233 e. The van der Waals surface area contributed by atoms with Gasteiger partial charge in [-0.25, -0.2) is 0 Å². The molecule has 2 aliphatic heterocycles. The summed E-state index contributed by atoms with van der Waals surface area (Å²) in [5.41, 5.74) is 7.66. The summed E-state index contributed by atoms with van der Waals surface area (Å²) in [6, 6.07) is 14.1. The number of hydrogen-bond donors (Lipinski definition) is 5. The highest BCUT2D eigenvalue weighted by Crippen LogP contribution is 2.27. The third-order valence-electron chi connectivity index (χ3n) is 7.09. The van der Waals surface area contributed by atoms with Gasteiger partial charge in [0.05, 0.1) is 17.1 Å². The van der Waals surface area contributed by atoms with Crippen molar-refractivity contribution in [3.05, 3.63) is 59.1 Å². The number of halogens is 2. The Hall–Kier alpha value is -3.59. The van der Waals surface area contributed by atoms with E-state index in [4.69, 9.17) is 32.3 Å². The van der Waals surface area contributed by atoms with Crippen LogP contribution in [0.4, 0.5) is 29.2 Å². The molecule has 1 aromatic heterocycles. The van der Waals surface area contributed by atoms with Crippen molar-refractivity contribution in [2.24, 2.45) is 5.73 Å². The van der Waals surface area contributed by atoms with E-state index in [0.29, 0.717) is 40.7 Å². The second-order valence-electron chi connectivity index (χ2n) is 9.86. The SMILES string of the molecule is Cl.N.N.NC[C@@H]1CCCN1c1nc(Nc2ccc(C(=O)CC(=O)Nc3ccccc3Cl)cc2)nc(N2CCCCC2)n1.O.[HH].[HH].[HH]. The molecule has 2 fully saturated rings. The number of nitrogens with zero attached hydrogens (tertiary/aromatic N) is 5. The topological polar surface area (TPSA) is 231 Å². The lowest BCUT2D eigenvalue weighted by atomic mass is 10.1. The minimum absolute atomic E-state index is 0. The monoisotopic (exact) mass is 642 g/mol. The van der Waals surface area contributed by atoms with E-state index in [1.165, 1.54) is 6.42 Å². The van der Waals surface area contributed by atoms with Crippen molar-refractivity contribution >= 4 is 64.9 Å². The summed E-state index contributed by atoms with van der Waals surface area (Å²) in [6.45, 7) is 3.26. The fourth-order valence-corrected chi connectivity index (χ4v) is 5.17. The number of piperidine rings is 1. The van der Waals surface area contributed by atoms with Gasteiger partial charge in [0.1, 0.15) is 0 Å². The second kappa shape index (κ2) is 17.5. The molecule has 0 saturated carbocycles. The normalized spacial score (nSPS) is 15.6. The van der Waals surface area contributed by atoms with Gasteiger partial charge in [-0.1, -0.05) is 23.7 Å². The number of aromatic nitrogens is 3. The van der Waals surface area contributed by atoms with E-state index in [9.17, 15) is 9.59 Å². The number of nitrogens with two attached hydrogens (primary N) is 1. The standard InChI is InChI=1S/C28H33ClN8O2.ClH.2H3N.H2O.3H2/c29-22-8-2-3-9-23(22)32-25(39)17-24(38)19-10-12-20(13-11-19)31-26-33-27(36-14-4-1-5-15-36)35-28(34-26)37-16-6-7-21(37)18-30;;;;;;;/h2-3,8-13,21H,1,4-7,14-18,30H2,(H,32,39)(H,31,33,34,35);1H;2*1H3;1H2;3*1H/t21-;;;;;;;/m0......./s1. The first-order valence-corrected chi connectivity index (χ1v) is 13.8. The molecule has 0 unspecified atom stereocenters. The van der Waals surface area contributed by atoms with E-state index < -0.39 is 5.91 Å². The fourth-order valence-electron chi connectivity index (χ4n) is 4.99. The van der Waals surface area contributed by atoms with Crippen LogP contribution in [0, 0.1) is 0 Å². The quantitative estimate of drug-likeness (QED) is 0.153. The van der Waals surface area contributed by atoms with Gasteiger partial charge in [-0.05, 0) is 68.5 Å². The third-order valence-corrected chi connectivity index (χ3v) is 7.42. The Labute approximate surface area is 267 Å². The Bertz CT molecular complexity index is 1340. The number of anilines is 5. The highest BCUT2D eigenvalue weighted by molar-refractivity contribution is 6.33. The van der Waals surface area contributed by atoms with Crippen LogP contribution in [0.3, 0.4) is 0 Å². The molecule has 0 bridgehead atoms. The van der Waals surface area contributed by atoms with Crippen molar-refractivity contribution in [2.45, 2.75) is 44.6 Å². The van der Waals surface area contributed by atoms with Crippen molar-refractivity contribution in [1.82, 2.24) is 27.3 Å². The number of nitrogens with one attached hydrogen (secondary N) is 2. The summed E-state index contributed by atoms with van der Waals surface area (Å²) >= 11 is 6.09. The fraction of sp³-hybridized carbons (Fsp3) is 0.393. The summed E-state index contributed by atoms with van der Waals surface area (Å²) in [7, 11) is 0. The number of ketones is 1. The first-order valence-electron chi connectivity index (χ1n) is 13.4. The average Bonchev–Trinajstić information content (AvgIpc) is 3.44. The predicted octanol–water partition coefficient (Wildman–Crippen LogP) is 5.06. The molecule has 2 saturated heterocycles. The molecule has 43 heavy (non-hydrogen) atoms. The van der Waals surface area contributed by atoms with Crippen LogP contribution in [0.1, 0.15) is 53.2 Å². The Morgan fingerprint density at radius 1 is 0.930 bits per heavy atom. The number of hydrogen-bond acceptors (Lipinski definition) is 11. The smallest absolute Gasteiger partial charge is 0.233 e. The van der Waals surface area contributed by atoms with Gasteiger partial charge in [0.25, 0.3) is 0 Å². The zero-order valence-corrected chi connectivity index (χ0v) is 25.7. The number of carbonyl (C=O) groups excluding carboxylic acids is 2. The number of amides is 1. The first-order chi connectivity index (χ1) is 19.0. The van der Waals surface area contributed by atoms with Gasteiger partial charge < -0.3 is 43.9 Å². The maximum absolute atomic E-state index is 12.7. The minimum Gasteiger partial charge on any atom is -0.412 e. The molecule has 5 rings (SSSR count). The van der Waals surface area contributed by atoms with E-state index in [0.717, 1.165) is 51.0 Å². The molecule has 0 spiro atoms. The molecular formula is C28H48Cl2N10O3. The van der Waals surface area contributed by atoms with Crippen molar-refractivity contribution in [3.8, 4) is 0 Å². The predicted molar refractivity (Wildman–Crippen MR) is 181 cm³/mol. The molecule has 0 radical (unpaired) electrons. The summed E-state index contributed by atoms with van der Waals surface area (Å²) in [4.78, 5) is 43.7.